The summed E-state index contributed by atoms with van der Waals surface area (Å²) in [6.07, 6.45) is 7.88. The molecule has 1 aliphatic rings. The summed E-state index contributed by atoms with van der Waals surface area (Å²) in [5.74, 6) is 0. The van der Waals surface area contributed by atoms with Gasteiger partial charge in [0.25, 0.3) is 0 Å². The molecule has 1 aromatic rings. The molecule has 2 N–H and O–H groups in total. The molecule has 1 aliphatic carbocycles. The van der Waals surface area contributed by atoms with Gasteiger partial charge in [-0.25, -0.2) is 0 Å². The molecule has 4 heteroatoms. The number of nitrogens with two attached hydrogens (primary N) is 1. The van der Waals surface area contributed by atoms with Crippen LogP contribution in [-0.2, 0) is 5.54 Å². The van der Waals surface area contributed by atoms with Gasteiger partial charge in [-0.05, 0) is 42.6 Å². The lowest BCUT2D eigenvalue weighted by Gasteiger charge is -2.33. The van der Waals surface area contributed by atoms with Gasteiger partial charge in [0.15, 0.2) is 0 Å². The molecule has 0 spiro atoms. The summed E-state index contributed by atoms with van der Waals surface area (Å²) in [7, 11) is 0. The van der Waals surface area contributed by atoms with Crippen molar-refractivity contribution in [3.05, 3.63) is 16.4 Å². The summed E-state index contributed by atoms with van der Waals surface area (Å²) in [6.45, 7) is 4.26. The zero-order chi connectivity index (χ0) is 11.8. The van der Waals surface area contributed by atoms with Gasteiger partial charge < -0.3 is 5.73 Å². The predicted molar refractivity (Wildman–Crippen MR) is 69.3 cm³/mol. The summed E-state index contributed by atoms with van der Waals surface area (Å²) < 4.78 is 3.06. The van der Waals surface area contributed by atoms with Crippen molar-refractivity contribution in [2.24, 2.45) is 5.73 Å². The van der Waals surface area contributed by atoms with Crippen LogP contribution in [0.2, 0.25) is 0 Å². The fraction of sp³-hybridized carbons (Fsp3) is 0.750. The molecular formula is C12H20BrN3. The van der Waals surface area contributed by atoms with E-state index in [1.165, 1.54) is 24.8 Å². The van der Waals surface area contributed by atoms with E-state index in [1.54, 1.807) is 0 Å². The second-order valence-corrected chi connectivity index (χ2v) is 5.86. The van der Waals surface area contributed by atoms with Crippen LogP contribution in [-0.4, -0.2) is 9.78 Å². The van der Waals surface area contributed by atoms with Crippen molar-refractivity contribution in [2.45, 2.75) is 57.5 Å². The minimum absolute atomic E-state index is 0.162. The molecule has 0 amide bonds. The molecular weight excluding hydrogens is 266 g/mol. The minimum Gasteiger partial charge on any atom is -0.321 e. The number of hydrogen-bond acceptors (Lipinski definition) is 2. The third-order valence-electron chi connectivity index (χ3n) is 3.51. The van der Waals surface area contributed by atoms with Gasteiger partial charge in [-0.2, -0.15) is 5.10 Å². The lowest BCUT2D eigenvalue weighted by molar-refractivity contribution is 0.300. The highest BCUT2D eigenvalue weighted by atomic mass is 79.9. The molecule has 1 fully saturated rings. The molecule has 2 rings (SSSR count). The molecule has 16 heavy (non-hydrogen) atoms. The van der Waals surface area contributed by atoms with Crippen LogP contribution in [0.3, 0.4) is 0 Å². The molecule has 0 bridgehead atoms. The zero-order valence-electron chi connectivity index (χ0n) is 10.0. The first-order valence-corrected chi connectivity index (χ1v) is 6.86. The predicted octanol–water partition coefficient (Wildman–Crippen LogP) is 3.34. The van der Waals surface area contributed by atoms with E-state index in [4.69, 9.17) is 5.73 Å². The lowest BCUT2D eigenvalue weighted by atomic mass is 9.79. The molecule has 0 saturated heterocycles. The van der Waals surface area contributed by atoms with Crippen molar-refractivity contribution in [1.82, 2.24) is 9.78 Å². The first-order valence-electron chi connectivity index (χ1n) is 6.07. The van der Waals surface area contributed by atoms with Crippen LogP contribution in [0.1, 0.15) is 57.6 Å². The van der Waals surface area contributed by atoms with E-state index in [0.717, 1.165) is 17.4 Å². The van der Waals surface area contributed by atoms with Crippen LogP contribution in [0.5, 0.6) is 0 Å². The minimum atomic E-state index is -0.162. The molecule has 1 aromatic heterocycles. The fourth-order valence-electron chi connectivity index (χ4n) is 2.49. The van der Waals surface area contributed by atoms with E-state index in [2.05, 4.69) is 34.9 Å². The second kappa shape index (κ2) is 4.49. The Balaban J connectivity index is 2.32. The van der Waals surface area contributed by atoms with Crippen LogP contribution in [0.25, 0.3) is 0 Å². The Morgan fingerprint density at radius 3 is 2.50 bits per heavy atom. The second-order valence-electron chi connectivity index (χ2n) is 5.10. The van der Waals surface area contributed by atoms with Crippen molar-refractivity contribution in [3.63, 3.8) is 0 Å². The van der Waals surface area contributed by atoms with Gasteiger partial charge in [0.1, 0.15) is 4.60 Å². The van der Waals surface area contributed by atoms with Crippen molar-refractivity contribution >= 4 is 15.9 Å². The molecule has 90 valence electrons. The van der Waals surface area contributed by atoms with Crippen molar-refractivity contribution in [1.29, 1.82) is 0 Å². The highest BCUT2D eigenvalue weighted by Crippen LogP contribution is 2.38. The average Bonchev–Trinajstić information content (AvgIpc) is 2.62. The number of aromatic nitrogens is 2. The Kier molecular flexibility index (Phi) is 3.40. The molecule has 0 aromatic carbocycles. The van der Waals surface area contributed by atoms with E-state index in [9.17, 15) is 0 Å². The van der Waals surface area contributed by atoms with Gasteiger partial charge >= 0.3 is 0 Å². The summed E-state index contributed by atoms with van der Waals surface area (Å²) >= 11 is 3.64. The standard InChI is InChI=1S/C12H20BrN3/c1-9(2)16-11(13)10(8-15-16)12(14)6-4-3-5-7-12/h8-9H,3-7,14H2,1-2H3. The Morgan fingerprint density at radius 2 is 2.00 bits per heavy atom. The van der Waals surface area contributed by atoms with Crippen molar-refractivity contribution in [3.8, 4) is 0 Å². The quantitative estimate of drug-likeness (QED) is 0.906. The largest absolute Gasteiger partial charge is 0.321 e. The molecule has 1 saturated carbocycles. The number of rotatable bonds is 2. The Hall–Kier alpha value is -0.350. The zero-order valence-corrected chi connectivity index (χ0v) is 11.6. The van der Waals surface area contributed by atoms with Gasteiger partial charge in [0, 0.05) is 17.1 Å². The summed E-state index contributed by atoms with van der Waals surface area (Å²) in [5.41, 5.74) is 7.53. The molecule has 3 nitrogen and oxygen atoms in total. The average molecular weight is 286 g/mol. The van der Waals surface area contributed by atoms with E-state index in [0.29, 0.717) is 6.04 Å². The summed E-state index contributed by atoms with van der Waals surface area (Å²) in [4.78, 5) is 0. The van der Waals surface area contributed by atoms with Crippen molar-refractivity contribution in [2.75, 3.05) is 0 Å². The Morgan fingerprint density at radius 1 is 1.38 bits per heavy atom. The maximum atomic E-state index is 6.51. The molecule has 0 radical (unpaired) electrons. The first kappa shape index (κ1) is 12.1. The van der Waals surface area contributed by atoms with Crippen LogP contribution >= 0.6 is 15.9 Å². The van der Waals surface area contributed by atoms with Gasteiger partial charge in [0.2, 0.25) is 0 Å². The maximum Gasteiger partial charge on any atom is 0.109 e. The van der Waals surface area contributed by atoms with E-state index >= 15 is 0 Å². The van der Waals surface area contributed by atoms with E-state index in [-0.39, 0.29) is 5.54 Å². The number of nitrogens with zero attached hydrogens (tertiary/aromatic N) is 2. The van der Waals surface area contributed by atoms with Gasteiger partial charge in [-0.1, -0.05) is 19.3 Å². The first-order chi connectivity index (χ1) is 7.54. The molecule has 0 unspecified atom stereocenters. The monoisotopic (exact) mass is 285 g/mol. The molecule has 0 atom stereocenters. The van der Waals surface area contributed by atoms with E-state index < -0.39 is 0 Å². The highest BCUT2D eigenvalue weighted by Gasteiger charge is 2.33. The van der Waals surface area contributed by atoms with Gasteiger partial charge in [-0.3, -0.25) is 4.68 Å². The SMILES string of the molecule is CC(C)n1ncc(C2(N)CCCCC2)c1Br. The Bertz CT molecular complexity index is 364. The molecule has 1 heterocycles. The van der Waals surface area contributed by atoms with Gasteiger partial charge in [0.05, 0.1) is 6.20 Å². The van der Waals surface area contributed by atoms with Gasteiger partial charge in [-0.15, -0.1) is 0 Å². The topological polar surface area (TPSA) is 43.8 Å². The highest BCUT2D eigenvalue weighted by molar-refractivity contribution is 9.10. The third kappa shape index (κ3) is 2.05. The maximum absolute atomic E-state index is 6.51. The van der Waals surface area contributed by atoms with E-state index in [1.807, 2.05) is 10.9 Å². The fourth-order valence-corrected chi connectivity index (χ4v) is 3.49. The van der Waals surface area contributed by atoms with Crippen LogP contribution in [0.4, 0.5) is 0 Å². The van der Waals surface area contributed by atoms with Crippen LogP contribution < -0.4 is 5.73 Å². The van der Waals surface area contributed by atoms with Crippen LogP contribution in [0, 0.1) is 0 Å². The number of hydrogen-bond donors (Lipinski definition) is 1. The molecule has 0 aliphatic heterocycles. The summed E-state index contributed by atoms with van der Waals surface area (Å²) in [5, 5.41) is 4.43. The smallest absolute Gasteiger partial charge is 0.109 e. The lowest BCUT2D eigenvalue weighted by Crippen LogP contribution is -2.38. The Labute approximate surface area is 106 Å². The normalized spacial score (nSPS) is 20.3. The van der Waals surface area contributed by atoms with Crippen molar-refractivity contribution < 1.29 is 0 Å². The number of halogens is 1. The summed E-state index contributed by atoms with van der Waals surface area (Å²) in [6, 6.07) is 0.371. The third-order valence-corrected chi connectivity index (χ3v) is 4.30. The van der Waals surface area contributed by atoms with Crippen LogP contribution in [0.15, 0.2) is 10.8 Å².